The lowest BCUT2D eigenvalue weighted by Crippen LogP contribution is -3.00. The lowest BCUT2D eigenvalue weighted by molar-refractivity contribution is -0.407. The Hall–Kier alpha value is -10.2. The normalized spacial score (nSPS) is 12.3. The number of carbonyl (C=O) groups excluding carboxylic acids is 7. The maximum Gasteiger partial charge on any atom is 0.408 e. The number of nitrogens with two attached hydrogens (primary N) is 1. The number of benzene rings is 5. The van der Waals surface area contributed by atoms with E-state index in [4.69, 9.17) is 24.7 Å². The monoisotopic (exact) mass is 1500 g/mol. The fraction of sp³-hybridized carbons (Fsp3) is 0.365. The summed E-state index contributed by atoms with van der Waals surface area (Å²) in [4.78, 5) is 88.2. The van der Waals surface area contributed by atoms with E-state index in [1.807, 2.05) is 122 Å². The van der Waals surface area contributed by atoms with Gasteiger partial charge in [-0.1, -0.05) is 23.3 Å². The first-order valence-electron chi connectivity index (χ1n) is 32.5. The molecule has 0 aliphatic rings. The predicted octanol–water partition coefficient (Wildman–Crippen LogP) is -2.88. The van der Waals surface area contributed by atoms with Gasteiger partial charge in [-0.2, -0.15) is 0 Å². The number of ether oxygens (including phenoxy) is 6. The lowest BCUT2D eigenvalue weighted by Gasteiger charge is -2.22. The largest absolute Gasteiger partial charge is 1.00 e. The number of phenolic OH excluding ortho intramolecular Hbond substituents is 3. The van der Waals surface area contributed by atoms with Crippen LogP contribution in [0.5, 0.6) is 17.2 Å². The van der Waals surface area contributed by atoms with E-state index < -0.39 is 71.4 Å². The SMILES string of the molecule is COC(=O)[C@@H]([NH3+])Cc1c[nH]c2ccc(O)cc12.COC(=O)[C@@H]([NH3+])Cc1cn(C)c2ccc(O)cc12.COC(=O)[C@H](Cc1c[nH]c2ccc(C)cc12)NC(=O)OC(C)(C)C.COC(=O)[C@H](Cc1cn(C)c2ccc(C)cc12)NC(=O)OC(C)(C)C.Cn1cc(C[C@H]([NH3+])C(N)=O)c2cc(O)ccc21.[Cl-].[Cl-].[Cl-]. The van der Waals surface area contributed by atoms with Crippen LogP contribution in [0.4, 0.5) is 9.59 Å². The minimum absolute atomic E-state index is 0. The van der Waals surface area contributed by atoms with Crippen LogP contribution in [-0.4, -0.2) is 151 Å². The number of H-pyrrole nitrogens is 2. The molecule has 3 amide bonds. The molecule has 5 aromatic heterocycles. The molecule has 0 fully saturated rings. The first-order valence-corrected chi connectivity index (χ1v) is 32.5. The van der Waals surface area contributed by atoms with Crippen LogP contribution in [0.1, 0.15) is 80.5 Å². The number of hydrogen-bond acceptors (Lipinski definition) is 16. The van der Waals surface area contributed by atoms with Crippen molar-refractivity contribution in [2.45, 2.75) is 129 Å². The molecule has 0 aliphatic carbocycles. The molecular formula is C74H98Cl3N11O16. The van der Waals surface area contributed by atoms with Crippen molar-refractivity contribution in [2.24, 2.45) is 26.9 Å². The van der Waals surface area contributed by atoms with E-state index in [9.17, 15) is 48.9 Å². The van der Waals surface area contributed by atoms with Crippen molar-refractivity contribution in [2.75, 3.05) is 28.4 Å². The topological polar surface area (TPSA) is 415 Å². The zero-order valence-corrected chi connectivity index (χ0v) is 63.6. The van der Waals surface area contributed by atoms with Crippen LogP contribution in [0.15, 0.2) is 122 Å². The van der Waals surface area contributed by atoms with Gasteiger partial charge in [-0.15, -0.1) is 0 Å². The number of aryl methyl sites for hydroxylation is 5. The summed E-state index contributed by atoms with van der Waals surface area (Å²) >= 11 is 0. The minimum atomic E-state index is -0.815. The summed E-state index contributed by atoms with van der Waals surface area (Å²) in [6.45, 7) is 14.6. The fourth-order valence-corrected chi connectivity index (χ4v) is 11.2. The van der Waals surface area contributed by atoms with E-state index in [1.165, 1.54) is 28.4 Å². The third kappa shape index (κ3) is 24.8. The third-order valence-corrected chi connectivity index (χ3v) is 16.1. The first kappa shape index (κ1) is 88.1. The summed E-state index contributed by atoms with van der Waals surface area (Å²) in [7, 11) is 11.1. The summed E-state index contributed by atoms with van der Waals surface area (Å²) in [5.41, 5.74) is 27.3. The number of halogens is 3. The Bertz CT molecular complexity index is 4580. The molecule has 0 spiro atoms. The van der Waals surface area contributed by atoms with Crippen LogP contribution in [0.25, 0.3) is 54.5 Å². The van der Waals surface area contributed by atoms with Crippen molar-refractivity contribution in [1.82, 2.24) is 34.3 Å². The van der Waals surface area contributed by atoms with Crippen molar-refractivity contribution in [3.8, 4) is 17.2 Å². The zero-order valence-electron chi connectivity index (χ0n) is 61.3. The highest BCUT2D eigenvalue weighted by atomic mass is 35.5. The molecular weight excluding hydrogens is 1410 g/mol. The van der Waals surface area contributed by atoms with Crippen LogP contribution in [-0.2, 0) is 106 Å². The first-order chi connectivity index (χ1) is 47.4. The molecule has 0 saturated heterocycles. The van der Waals surface area contributed by atoms with Gasteiger partial charge in [0.15, 0.2) is 18.1 Å². The van der Waals surface area contributed by atoms with Crippen molar-refractivity contribution in [3.63, 3.8) is 0 Å². The van der Waals surface area contributed by atoms with Crippen molar-refractivity contribution < 1.29 is 132 Å². The number of aromatic hydroxyl groups is 3. The molecule has 10 aromatic rings. The highest BCUT2D eigenvalue weighted by Gasteiger charge is 2.29. The molecule has 566 valence electrons. The average molecular weight is 1500 g/mol. The number of aromatic amines is 2. The third-order valence-electron chi connectivity index (χ3n) is 16.1. The number of alkyl carbamates (subject to hydrolysis) is 2. The smallest absolute Gasteiger partial charge is 0.408 e. The Kier molecular flexibility index (Phi) is 33.0. The number of quaternary nitrogens is 3. The molecule has 30 heteroatoms. The molecule has 0 radical (unpaired) electrons. The summed E-state index contributed by atoms with van der Waals surface area (Å²) in [5.74, 6) is -1.46. The highest BCUT2D eigenvalue weighted by molar-refractivity contribution is 5.91. The molecule has 5 aromatic carbocycles. The number of fused-ring (bicyclic) bond motifs is 5. The molecule has 0 bridgehead atoms. The van der Waals surface area contributed by atoms with Gasteiger partial charge in [-0.3, -0.25) is 4.79 Å². The number of nitrogens with zero attached hydrogens (tertiary/aromatic N) is 3. The molecule has 5 atom stereocenters. The summed E-state index contributed by atoms with van der Waals surface area (Å²) < 4.78 is 35.4. The number of carbonyl (C=O) groups is 7. The number of esters is 4. The number of hydrogen-bond donors (Lipinski definition) is 11. The summed E-state index contributed by atoms with van der Waals surface area (Å²) in [5, 5.41) is 38.5. The van der Waals surface area contributed by atoms with Gasteiger partial charge >= 0.3 is 36.1 Å². The second-order valence-corrected chi connectivity index (χ2v) is 26.6. The Morgan fingerprint density at radius 3 is 1.13 bits per heavy atom. The Balaban J connectivity index is 0.000000338. The molecule has 5 heterocycles. The van der Waals surface area contributed by atoms with E-state index in [0.717, 1.165) is 93.5 Å². The van der Waals surface area contributed by atoms with Crippen LogP contribution in [0.2, 0.25) is 0 Å². The predicted molar refractivity (Wildman–Crippen MR) is 382 cm³/mol. The number of methoxy groups -OCH3 is 4. The lowest BCUT2D eigenvalue weighted by atomic mass is 10.0. The van der Waals surface area contributed by atoms with E-state index in [1.54, 1.807) is 84.0 Å². The molecule has 10 rings (SSSR count). The second-order valence-electron chi connectivity index (χ2n) is 26.6. The summed E-state index contributed by atoms with van der Waals surface area (Å²) in [6, 6.07) is 24.7. The van der Waals surface area contributed by atoms with E-state index in [0.29, 0.717) is 32.1 Å². The molecule has 0 unspecified atom stereocenters. The molecule has 0 saturated carbocycles. The average Bonchev–Trinajstić information content (AvgIpc) is 1.67. The summed E-state index contributed by atoms with van der Waals surface area (Å²) in [6.07, 6.45) is 10.3. The minimum Gasteiger partial charge on any atom is -1.00 e. The van der Waals surface area contributed by atoms with E-state index >= 15 is 0 Å². The number of nitrogens with one attached hydrogen (secondary N) is 4. The maximum atomic E-state index is 12.1. The van der Waals surface area contributed by atoms with Gasteiger partial charge in [0.25, 0.3) is 5.91 Å². The fourth-order valence-electron chi connectivity index (χ4n) is 11.2. The molecule has 27 nitrogen and oxygen atoms in total. The standard InChI is InChI=1S/C19H26N2O4.C18H24N2O4.C13H16N2O3.C12H15N3O2.C12H14N2O3.3ClH/c1-12-7-8-16-14(9-12)13(11-21(16)5)10-15(17(22)24-6)20-18(23)25-19(2,3)4;1-11-6-7-14-13(8-11)12(10-19-14)9-15(16(21)23-5)20-17(22)24-18(2,3)4;1-15-7-8(5-11(14)13(17)18-2)10-6-9(16)3-4-12(10)15;1-15-6-7(4-10(13)12(14)17)9-5-8(16)2-3-11(9)15;1-17-12(16)10(13)4-7-6-14-11-3-2-8(15)5-9(7)11;;;/h7-9,11,15H,10H2,1-6H3,(H,20,23);6-8,10,15,19H,9H2,1-5H3,(H,20,22);3-4,6-7,11,16H,5,14H2,1-2H3;2-3,5-6,10,16H,4,13H2,1H3,(H2,14,17);2-3,5-6,10,14-15H,4,13H2,1H3;3*1H/t2*15-;11-;2*10-;;;/m00000.../s1. The van der Waals surface area contributed by atoms with Gasteiger partial charge in [-0.05, 0) is 162 Å². The second kappa shape index (κ2) is 38.9. The van der Waals surface area contributed by atoms with Gasteiger partial charge in [-0.25, -0.2) is 28.8 Å². The Labute approximate surface area is 621 Å². The van der Waals surface area contributed by atoms with E-state index in [-0.39, 0.29) is 66.4 Å². The molecule has 104 heavy (non-hydrogen) atoms. The van der Waals surface area contributed by atoms with Crippen LogP contribution in [0.3, 0.4) is 0 Å². The number of primary amides is 1. The van der Waals surface area contributed by atoms with Crippen LogP contribution < -0.4 is 70.8 Å². The van der Waals surface area contributed by atoms with Crippen molar-refractivity contribution >= 4 is 96.5 Å². The zero-order chi connectivity index (χ0) is 75.0. The van der Waals surface area contributed by atoms with Gasteiger partial charge in [0.2, 0.25) is 0 Å². The van der Waals surface area contributed by atoms with E-state index in [2.05, 4.69) is 53.3 Å². The van der Waals surface area contributed by atoms with Gasteiger partial charge in [0.05, 0.1) is 28.4 Å². The van der Waals surface area contributed by atoms with Crippen LogP contribution >= 0.6 is 0 Å². The maximum absolute atomic E-state index is 12.1. The Morgan fingerprint density at radius 2 is 0.740 bits per heavy atom. The quantitative estimate of drug-likeness (QED) is 0.0322. The highest BCUT2D eigenvalue weighted by Crippen LogP contribution is 2.29. The molecule has 18 N–H and O–H groups in total. The number of phenols is 3. The van der Waals surface area contributed by atoms with Crippen molar-refractivity contribution in [1.29, 1.82) is 0 Å². The number of amides is 3. The van der Waals surface area contributed by atoms with Gasteiger partial charge in [0, 0.05) is 139 Å². The molecule has 0 aliphatic heterocycles. The van der Waals surface area contributed by atoms with Crippen molar-refractivity contribution in [3.05, 3.63) is 161 Å². The van der Waals surface area contributed by atoms with Gasteiger partial charge < -0.3 is 138 Å². The van der Waals surface area contributed by atoms with Crippen LogP contribution in [0, 0.1) is 13.8 Å². The Morgan fingerprint density at radius 1 is 0.442 bits per heavy atom. The van der Waals surface area contributed by atoms with Gasteiger partial charge in [0.1, 0.15) is 40.5 Å². The number of aromatic nitrogens is 5. The number of rotatable bonds is 17.